The average Bonchev–Trinajstić information content (AvgIpc) is 3.46. The first-order valence-electron chi connectivity index (χ1n) is 10.7. The van der Waals surface area contributed by atoms with Crippen molar-refractivity contribution in [2.45, 2.75) is 12.5 Å². The van der Waals surface area contributed by atoms with E-state index >= 15 is 0 Å². The van der Waals surface area contributed by atoms with Gasteiger partial charge in [0.25, 0.3) is 0 Å². The predicted octanol–water partition coefficient (Wildman–Crippen LogP) is 6.03. The molecule has 1 atom stereocenters. The van der Waals surface area contributed by atoms with Crippen LogP contribution in [0.1, 0.15) is 16.7 Å². The van der Waals surface area contributed by atoms with Gasteiger partial charge in [0, 0.05) is 35.6 Å². The van der Waals surface area contributed by atoms with E-state index in [0.717, 1.165) is 18.1 Å². The van der Waals surface area contributed by atoms with E-state index in [4.69, 9.17) is 4.99 Å². The van der Waals surface area contributed by atoms with Gasteiger partial charge in [0.1, 0.15) is 0 Å². The summed E-state index contributed by atoms with van der Waals surface area (Å²) in [6, 6.07) is 30.3. The zero-order chi connectivity index (χ0) is 20.8. The summed E-state index contributed by atoms with van der Waals surface area (Å²) in [4.78, 5) is 8.90. The van der Waals surface area contributed by atoms with Gasteiger partial charge >= 0.3 is 0 Å². The number of aromatic nitrogens is 1. The third-order valence-electron chi connectivity index (χ3n) is 6.11. The van der Waals surface area contributed by atoms with Crippen molar-refractivity contribution in [1.82, 2.24) is 9.47 Å². The number of fused-ring (bicyclic) bond motifs is 2. The van der Waals surface area contributed by atoms with Crippen LogP contribution in [0, 0.1) is 0 Å². The fourth-order valence-corrected chi connectivity index (χ4v) is 5.95. The van der Waals surface area contributed by atoms with E-state index in [1.54, 1.807) is 0 Å². The highest BCUT2D eigenvalue weighted by Crippen LogP contribution is 2.47. The topological polar surface area (TPSA) is 20.5 Å². The van der Waals surface area contributed by atoms with Crippen molar-refractivity contribution in [3.63, 3.8) is 0 Å². The number of aliphatic imine (C=N–C) groups is 1. The van der Waals surface area contributed by atoms with Crippen molar-refractivity contribution in [3.05, 3.63) is 108 Å². The Labute approximate surface area is 186 Å². The molecule has 6 rings (SSSR count). The summed E-state index contributed by atoms with van der Waals surface area (Å²) < 4.78 is 2.23. The second kappa shape index (κ2) is 7.47. The van der Waals surface area contributed by atoms with Crippen LogP contribution in [0.2, 0.25) is 0 Å². The van der Waals surface area contributed by atoms with Crippen molar-refractivity contribution in [1.29, 1.82) is 0 Å². The molecular weight excluding hydrogens is 398 g/mol. The molecule has 0 bridgehead atoms. The summed E-state index contributed by atoms with van der Waals surface area (Å²) in [5.41, 5.74) is 6.47. The zero-order valence-corrected chi connectivity index (χ0v) is 18.2. The van der Waals surface area contributed by atoms with Crippen LogP contribution in [-0.4, -0.2) is 27.2 Å². The molecule has 0 amide bonds. The summed E-state index contributed by atoms with van der Waals surface area (Å²) >= 11 is 1.81. The van der Waals surface area contributed by atoms with Gasteiger partial charge in [0.05, 0.1) is 11.7 Å². The molecule has 4 aromatic rings. The normalized spacial score (nSPS) is 18.0. The smallest absolute Gasteiger partial charge is 0.169 e. The lowest BCUT2D eigenvalue weighted by Gasteiger charge is -2.19. The number of benzene rings is 3. The maximum atomic E-state index is 5.17. The molecule has 3 nitrogen and oxygen atoms in total. The van der Waals surface area contributed by atoms with Gasteiger partial charge in [0.15, 0.2) is 5.17 Å². The van der Waals surface area contributed by atoms with Gasteiger partial charge in [-0.05, 0) is 40.9 Å². The number of thioether (sulfide) groups is 1. The molecule has 0 aliphatic carbocycles. The van der Waals surface area contributed by atoms with E-state index < -0.39 is 0 Å². The van der Waals surface area contributed by atoms with Gasteiger partial charge < -0.3 is 9.47 Å². The number of para-hydroxylation sites is 1. The van der Waals surface area contributed by atoms with E-state index in [1.165, 1.54) is 38.2 Å². The molecule has 0 saturated heterocycles. The third-order valence-corrected chi connectivity index (χ3v) is 7.26. The molecule has 0 spiro atoms. The van der Waals surface area contributed by atoms with Crippen LogP contribution < -0.4 is 0 Å². The van der Waals surface area contributed by atoms with Gasteiger partial charge in [-0.2, -0.15) is 0 Å². The monoisotopic (exact) mass is 421 g/mol. The number of rotatable bonds is 4. The molecule has 2 aliphatic rings. The highest BCUT2D eigenvalue weighted by molar-refractivity contribution is 8.22. The standard InChI is InChI=1S/C27H23N3S/c1-29-17-21(23-14-8-9-15-24(23)29)16-22-18-30-25(19-10-4-2-5-11-19)26(31-27(30)28-22)20-12-6-3-7-13-20/h2-15,17,22H,16,18H2,1H3/t22-/m1/s1. The maximum Gasteiger partial charge on any atom is 0.169 e. The fraction of sp³-hybridized carbons (Fsp3) is 0.148. The lowest BCUT2D eigenvalue weighted by atomic mass is 10.0. The molecule has 1 aromatic heterocycles. The summed E-state index contributed by atoms with van der Waals surface area (Å²) in [7, 11) is 2.13. The number of aryl methyl sites for hydroxylation is 1. The van der Waals surface area contributed by atoms with E-state index in [2.05, 4.69) is 108 Å². The first-order chi connectivity index (χ1) is 15.3. The Morgan fingerprint density at radius 2 is 1.55 bits per heavy atom. The molecule has 3 heterocycles. The van der Waals surface area contributed by atoms with Crippen molar-refractivity contribution in [2.75, 3.05) is 6.54 Å². The first kappa shape index (κ1) is 18.5. The Bertz CT molecular complexity index is 1320. The maximum absolute atomic E-state index is 5.17. The number of nitrogens with zero attached hydrogens (tertiary/aromatic N) is 3. The Morgan fingerprint density at radius 1 is 0.871 bits per heavy atom. The van der Waals surface area contributed by atoms with Crippen molar-refractivity contribution in [3.8, 4) is 0 Å². The molecule has 2 aliphatic heterocycles. The highest BCUT2D eigenvalue weighted by atomic mass is 32.2. The lowest BCUT2D eigenvalue weighted by molar-refractivity contribution is 0.559. The lowest BCUT2D eigenvalue weighted by Crippen LogP contribution is -2.24. The minimum atomic E-state index is 0.268. The van der Waals surface area contributed by atoms with Crippen LogP contribution in [0.15, 0.2) is 96.1 Å². The van der Waals surface area contributed by atoms with E-state index in [-0.39, 0.29) is 6.04 Å². The Hall–Kier alpha value is -3.24. The van der Waals surface area contributed by atoms with E-state index in [0.29, 0.717) is 0 Å². The summed E-state index contributed by atoms with van der Waals surface area (Å²) in [6.07, 6.45) is 3.23. The highest BCUT2D eigenvalue weighted by Gasteiger charge is 2.37. The van der Waals surface area contributed by atoms with Crippen LogP contribution in [0.5, 0.6) is 0 Å². The van der Waals surface area contributed by atoms with Crippen LogP contribution in [-0.2, 0) is 13.5 Å². The molecule has 0 radical (unpaired) electrons. The Morgan fingerprint density at radius 3 is 2.32 bits per heavy atom. The molecule has 0 saturated carbocycles. The average molecular weight is 422 g/mol. The minimum absolute atomic E-state index is 0.268. The molecule has 0 fully saturated rings. The molecule has 4 heteroatoms. The van der Waals surface area contributed by atoms with Gasteiger partial charge in [-0.1, -0.05) is 78.9 Å². The van der Waals surface area contributed by atoms with Crippen molar-refractivity contribution < 1.29 is 0 Å². The SMILES string of the molecule is Cn1cc(C[C@@H]2CN3C(=N2)SC(c2ccccc2)=C3c2ccccc2)c2ccccc21. The van der Waals surface area contributed by atoms with Crippen LogP contribution >= 0.6 is 11.8 Å². The van der Waals surface area contributed by atoms with Gasteiger partial charge in [0.2, 0.25) is 0 Å². The largest absolute Gasteiger partial charge is 0.350 e. The predicted molar refractivity (Wildman–Crippen MR) is 132 cm³/mol. The molecule has 152 valence electrons. The van der Waals surface area contributed by atoms with E-state index in [9.17, 15) is 0 Å². The fourth-order valence-electron chi connectivity index (χ4n) is 4.71. The number of amidine groups is 1. The van der Waals surface area contributed by atoms with Gasteiger partial charge in [-0.25, -0.2) is 0 Å². The molecule has 31 heavy (non-hydrogen) atoms. The first-order valence-corrected chi connectivity index (χ1v) is 11.5. The van der Waals surface area contributed by atoms with Crippen LogP contribution in [0.3, 0.4) is 0 Å². The zero-order valence-electron chi connectivity index (χ0n) is 17.4. The number of hydrogen-bond donors (Lipinski definition) is 0. The second-order valence-corrected chi connectivity index (χ2v) is 9.15. The molecule has 3 aromatic carbocycles. The molecule has 0 unspecified atom stereocenters. The van der Waals surface area contributed by atoms with Crippen molar-refractivity contribution >= 4 is 38.4 Å². The van der Waals surface area contributed by atoms with Gasteiger partial charge in [-0.15, -0.1) is 0 Å². The van der Waals surface area contributed by atoms with Crippen molar-refractivity contribution in [2.24, 2.45) is 12.0 Å². The Kier molecular flexibility index (Phi) is 4.46. The van der Waals surface area contributed by atoms with Gasteiger partial charge in [-0.3, -0.25) is 4.99 Å². The Balaban J connectivity index is 1.35. The summed E-state index contributed by atoms with van der Waals surface area (Å²) in [5.74, 6) is 0. The third kappa shape index (κ3) is 3.19. The van der Waals surface area contributed by atoms with E-state index in [1.807, 2.05) is 11.8 Å². The van der Waals surface area contributed by atoms with Crippen LogP contribution in [0.4, 0.5) is 0 Å². The quantitative estimate of drug-likeness (QED) is 0.401. The summed E-state index contributed by atoms with van der Waals surface area (Å²) in [6.45, 7) is 0.923. The summed E-state index contributed by atoms with van der Waals surface area (Å²) in [5, 5.41) is 2.47. The number of hydrogen-bond acceptors (Lipinski definition) is 3. The van der Waals surface area contributed by atoms with Crippen LogP contribution in [0.25, 0.3) is 21.5 Å². The second-order valence-electron chi connectivity index (χ2n) is 8.17. The molecular formula is C27H23N3S. The minimum Gasteiger partial charge on any atom is -0.350 e. The molecule has 0 N–H and O–H groups in total.